The van der Waals surface area contributed by atoms with Gasteiger partial charge in [0.2, 0.25) is 0 Å². The monoisotopic (exact) mass is 306 g/mol. The SMILES string of the molecule is CC(c1cccc2ccccc12)C1(C)CC2CCC1CC2(C)C. The Hall–Kier alpha value is -1.30. The zero-order chi connectivity index (χ0) is 16.2. The van der Waals surface area contributed by atoms with E-state index in [0.29, 0.717) is 16.7 Å². The van der Waals surface area contributed by atoms with E-state index >= 15 is 0 Å². The molecule has 122 valence electrons. The highest BCUT2D eigenvalue weighted by Crippen LogP contribution is 2.63. The molecule has 2 bridgehead atoms. The molecule has 2 aromatic rings. The van der Waals surface area contributed by atoms with Crippen LogP contribution in [0, 0.1) is 22.7 Å². The van der Waals surface area contributed by atoms with Crippen molar-refractivity contribution in [3.8, 4) is 0 Å². The highest BCUT2D eigenvalue weighted by Gasteiger charge is 2.53. The Bertz CT molecular complexity index is 720. The molecular formula is C23H30. The van der Waals surface area contributed by atoms with Gasteiger partial charge < -0.3 is 0 Å². The first-order chi connectivity index (χ1) is 10.9. The molecule has 3 fully saturated rings. The van der Waals surface area contributed by atoms with E-state index in [9.17, 15) is 0 Å². The molecule has 2 aromatic carbocycles. The van der Waals surface area contributed by atoms with Gasteiger partial charge in [-0.15, -0.1) is 0 Å². The molecule has 3 saturated carbocycles. The van der Waals surface area contributed by atoms with Crippen molar-refractivity contribution >= 4 is 10.8 Å². The molecule has 0 heteroatoms. The summed E-state index contributed by atoms with van der Waals surface area (Å²) in [7, 11) is 0. The molecule has 4 atom stereocenters. The van der Waals surface area contributed by atoms with Crippen LogP contribution in [0.4, 0.5) is 0 Å². The number of hydrogen-bond acceptors (Lipinski definition) is 0. The van der Waals surface area contributed by atoms with Crippen LogP contribution in [0.25, 0.3) is 10.8 Å². The number of rotatable bonds is 2. The average molecular weight is 306 g/mol. The number of hydrogen-bond donors (Lipinski definition) is 0. The second-order valence-electron chi connectivity index (χ2n) is 9.16. The molecule has 23 heavy (non-hydrogen) atoms. The van der Waals surface area contributed by atoms with Crippen LogP contribution in [0.5, 0.6) is 0 Å². The molecule has 3 aliphatic rings. The molecule has 4 unspecified atom stereocenters. The fourth-order valence-electron chi connectivity index (χ4n) is 5.85. The standard InChI is InChI=1S/C23H30/c1-16(20-11-7-9-17-8-5-6-10-21(17)20)23(4)15-18-12-13-19(23)14-22(18,2)3/h5-11,16,18-19H,12-15H2,1-4H3. The molecule has 5 rings (SSSR count). The van der Waals surface area contributed by atoms with Crippen molar-refractivity contribution in [1.82, 2.24) is 0 Å². The normalized spacial score (nSPS) is 33.7. The van der Waals surface area contributed by atoms with Crippen LogP contribution in [0.3, 0.4) is 0 Å². The fraction of sp³-hybridized carbons (Fsp3) is 0.565. The molecule has 3 aliphatic carbocycles. The van der Waals surface area contributed by atoms with Crippen molar-refractivity contribution in [3.63, 3.8) is 0 Å². The highest BCUT2D eigenvalue weighted by atomic mass is 14.6. The lowest BCUT2D eigenvalue weighted by molar-refractivity contribution is -0.0787. The van der Waals surface area contributed by atoms with Crippen LogP contribution in [-0.2, 0) is 0 Å². The predicted octanol–water partition coefficient (Wildman–Crippen LogP) is 6.80. The molecular weight excluding hydrogens is 276 g/mol. The summed E-state index contributed by atoms with van der Waals surface area (Å²) in [6, 6.07) is 15.8. The van der Waals surface area contributed by atoms with Gasteiger partial charge in [0.05, 0.1) is 0 Å². The van der Waals surface area contributed by atoms with Gasteiger partial charge in [0, 0.05) is 0 Å². The van der Waals surface area contributed by atoms with Crippen molar-refractivity contribution in [2.24, 2.45) is 22.7 Å². The van der Waals surface area contributed by atoms with Crippen molar-refractivity contribution in [2.75, 3.05) is 0 Å². The first-order valence-corrected chi connectivity index (χ1v) is 9.39. The molecule has 0 aliphatic heterocycles. The van der Waals surface area contributed by atoms with Gasteiger partial charge in [-0.2, -0.15) is 0 Å². The lowest BCUT2D eigenvalue weighted by Gasteiger charge is -2.59. The van der Waals surface area contributed by atoms with Crippen LogP contribution < -0.4 is 0 Å². The van der Waals surface area contributed by atoms with E-state index in [-0.39, 0.29) is 0 Å². The summed E-state index contributed by atoms with van der Waals surface area (Å²) in [6.07, 6.45) is 5.73. The fourth-order valence-corrected chi connectivity index (χ4v) is 5.85. The Morgan fingerprint density at radius 3 is 2.26 bits per heavy atom. The summed E-state index contributed by atoms with van der Waals surface area (Å²) < 4.78 is 0. The van der Waals surface area contributed by atoms with Crippen LogP contribution >= 0.6 is 0 Å². The summed E-state index contributed by atoms with van der Waals surface area (Å²) in [5.74, 6) is 2.43. The van der Waals surface area contributed by atoms with E-state index in [1.54, 1.807) is 5.56 Å². The van der Waals surface area contributed by atoms with Crippen molar-refractivity contribution in [2.45, 2.75) is 59.3 Å². The van der Waals surface area contributed by atoms with Crippen LogP contribution in [-0.4, -0.2) is 0 Å². The Morgan fingerprint density at radius 2 is 1.57 bits per heavy atom. The topological polar surface area (TPSA) is 0 Å². The Balaban J connectivity index is 1.75. The van der Waals surface area contributed by atoms with Crippen molar-refractivity contribution in [3.05, 3.63) is 48.0 Å². The quantitative estimate of drug-likeness (QED) is 0.572. The summed E-state index contributed by atoms with van der Waals surface area (Å²) in [5.41, 5.74) is 2.58. The lowest BCUT2D eigenvalue weighted by atomic mass is 9.45. The van der Waals surface area contributed by atoms with Crippen LogP contribution in [0.1, 0.15) is 64.9 Å². The van der Waals surface area contributed by atoms with Gasteiger partial charge >= 0.3 is 0 Å². The van der Waals surface area contributed by atoms with E-state index in [0.717, 1.165) is 11.8 Å². The molecule has 0 saturated heterocycles. The van der Waals surface area contributed by atoms with Gasteiger partial charge in [-0.05, 0) is 70.6 Å². The third kappa shape index (κ3) is 2.25. The molecule has 0 heterocycles. The Labute approximate surface area is 141 Å². The molecule has 0 amide bonds. The minimum absolute atomic E-state index is 0.461. The maximum absolute atomic E-state index is 2.59. The minimum Gasteiger partial charge on any atom is -0.0616 e. The average Bonchev–Trinajstić information content (AvgIpc) is 2.54. The maximum atomic E-state index is 2.59. The summed E-state index contributed by atoms with van der Waals surface area (Å²) in [4.78, 5) is 0. The molecule has 0 spiro atoms. The second kappa shape index (κ2) is 5.10. The van der Waals surface area contributed by atoms with Crippen molar-refractivity contribution < 1.29 is 0 Å². The maximum Gasteiger partial charge on any atom is -0.0127 e. The number of benzene rings is 2. The van der Waals surface area contributed by atoms with Gasteiger partial charge in [0.15, 0.2) is 0 Å². The largest absolute Gasteiger partial charge is 0.0616 e. The predicted molar refractivity (Wildman–Crippen MR) is 99.7 cm³/mol. The molecule has 0 aromatic heterocycles. The van der Waals surface area contributed by atoms with Crippen LogP contribution in [0.15, 0.2) is 42.5 Å². The van der Waals surface area contributed by atoms with E-state index < -0.39 is 0 Å². The van der Waals surface area contributed by atoms with E-state index in [1.165, 1.54) is 36.5 Å². The Kier molecular flexibility index (Phi) is 3.38. The van der Waals surface area contributed by atoms with Gasteiger partial charge in [-0.3, -0.25) is 0 Å². The molecule has 0 radical (unpaired) electrons. The smallest absolute Gasteiger partial charge is 0.0127 e. The minimum atomic E-state index is 0.461. The van der Waals surface area contributed by atoms with Gasteiger partial charge in [-0.25, -0.2) is 0 Å². The lowest BCUT2D eigenvalue weighted by Crippen LogP contribution is -2.50. The number of fused-ring (bicyclic) bond motifs is 4. The van der Waals surface area contributed by atoms with E-state index in [1.807, 2.05) is 0 Å². The highest BCUT2D eigenvalue weighted by molar-refractivity contribution is 5.86. The summed E-state index contributed by atoms with van der Waals surface area (Å²) in [6.45, 7) is 10.1. The van der Waals surface area contributed by atoms with Gasteiger partial charge in [-0.1, -0.05) is 70.2 Å². The first-order valence-electron chi connectivity index (χ1n) is 9.39. The van der Waals surface area contributed by atoms with E-state index in [4.69, 9.17) is 0 Å². The second-order valence-corrected chi connectivity index (χ2v) is 9.16. The van der Waals surface area contributed by atoms with E-state index in [2.05, 4.69) is 70.2 Å². The van der Waals surface area contributed by atoms with Gasteiger partial charge in [0.1, 0.15) is 0 Å². The third-order valence-electron chi connectivity index (χ3n) is 7.64. The van der Waals surface area contributed by atoms with Crippen molar-refractivity contribution in [1.29, 1.82) is 0 Å². The summed E-state index contributed by atoms with van der Waals surface area (Å²) in [5, 5.41) is 2.85. The zero-order valence-corrected chi connectivity index (χ0v) is 15.1. The molecule has 0 nitrogen and oxygen atoms in total. The van der Waals surface area contributed by atoms with Crippen LogP contribution in [0.2, 0.25) is 0 Å². The van der Waals surface area contributed by atoms with Gasteiger partial charge in [0.25, 0.3) is 0 Å². The summed E-state index contributed by atoms with van der Waals surface area (Å²) >= 11 is 0. The Morgan fingerprint density at radius 1 is 0.870 bits per heavy atom. The first kappa shape index (κ1) is 15.2. The molecule has 0 N–H and O–H groups in total. The third-order valence-corrected chi connectivity index (χ3v) is 7.64. The zero-order valence-electron chi connectivity index (χ0n) is 15.1.